The van der Waals surface area contributed by atoms with E-state index in [1.165, 1.54) is 12.8 Å². The van der Waals surface area contributed by atoms with Crippen LogP contribution in [0.3, 0.4) is 0 Å². The number of benzene rings is 1. The van der Waals surface area contributed by atoms with Crippen molar-refractivity contribution in [1.29, 1.82) is 0 Å². The maximum Gasteiger partial charge on any atom is 0.0745 e. The molecule has 2 aromatic rings. The highest BCUT2D eigenvalue weighted by molar-refractivity contribution is 9.10. The predicted octanol–water partition coefficient (Wildman–Crippen LogP) is 4.20. The van der Waals surface area contributed by atoms with Gasteiger partial charge in [-0.25, -0.2) is 0 Å². The van der Waals surface area contributed by atoms with Crippen LogP contribution in [0.5, 0.6) is 0 Å². The summed E-state index contributed by atoms with van der Waals surface area (Å²) in [5, 5.41) is 1.15. The van der Waals surface area contributed by atoms with Crippen LogP contribution < -0.4 is 10.6 Å². The largest absolute Gasteiger partial charge is 0.396 e. The summed E-state index contributed by atoms with van der Waals surface area (Å²) in [7, 11) is 0. The summed E-state index contributed by atoms with van der Waals surface area (Å²) < 4.78 is 1.07. The van der Waals surface area contributed by atoms with Crippen LogP contribution in [0.1, 0.15) is 26.7 Å². The van der Waals surface area contributed by atoms with E-state index in [4.69, 9.17) is 5.73 Å². The third-order valence-corrected chi connectivity index (χ3v) is 4.16. The molecule has 0 atom stereocenters. The maximum absolute atomic E-state index is 6.26. The zero-order chi connectivity index (χ0) is 14.3. The molecule has 3 nitrogen and oxygen atoms in total. The van der Waals surface area contributed by atoms with Gasteiger partial charge in [-0.15, -0.1) is 0 Å². The average Bonchev–Trinajstić information content (AvgIpc) is 3.20. The smallest absolute Gasteiger partial charge is 0.0745 e. The van der Waals surface area contributed by atoms with Gasteiger partial charge < -0.3 is 10.6 Å². The Balaban J connectivity index is 2.16. The number of nitrogens with two attached hydrogens (primary N) is 1. The van der Waals surface area contributed by atoms with Crippen molar-refractivity contribution in [3.05, 3.63) is 28.9 Å². The third kappa shape index (κ3) is 2.62. The molecule has 4 heteroatoms. The molecule has 1 saturated carbocycles. The molecule has 0 unspecified atom stereocenters. The van der Waals surface area contributed by atoms with Gasteiger partial charge in [-0.3, -0.25) is 4.98 Å². The Bertz CT molecular complexity index is 630. The number of pyridine rings is 1. The van der Waals surface area contributed by atoms with Gasteiger partial charge in [-0.1, -0.05) is 29.8 Å². The van der Waals surface area contributed by atoms with Crippen LogP contribution in [-0.4, -0.2) is 17.6 Å². The van der Waals surface area contributed by atoms with Crippen LogP contribution in [0.4, 0.5) is 11.4 Å². The molecular formula is C16H20BrN3. The summed E-state index contributed by atoms with van der Waals surface area (Å²) in [6.45, 7) is 5.55. The van der Waals surface area contributed by atoms with Crippen molar-refractivity contribution in [2.45, 2.75) is 32.7 Å². The van der Waals surface area contributed by atoms with Crippen LogP contribution in [-0.2, 0) is 0 Å². The lowest BCUT2D eigenvalue weighted by Crippen LogP contribution is -2.30. The first-order valence-corrected chi connectivity index (χ1v) is 7.96. The lowest BCUT2D eigenvalue weighted by molar-refractivity contribution is 0.609. The summed E-state index contributed by atoms with van der Waals surface area (Å²) in [4.78, 5) is 6.93. The van der Waals surface area contributed by atoms with Gasteiger partial charge in [0.2, 0.25) is 0 Å². The van der Waals surface area contributed by atoms with Crippen LogP contribution >= 0.6 is 15.9 Å². The van der Waals surface area contributed by atoms with Gasteiger partial charge in [-0.2, -0.15) is 0 Å². The second-order valence-corrected chi connectivity index (χ2v) is 6.92. The lowest BCUT2D eigenvalue weighted by Gasteiger charge is -2.29. The van der Waals surface area contributed by atoms with E-state index in [0.29, 0.717) is 12.0 Å². The van der Waals surface area contributed by atoms with Gasteiger partial charge in [0.05, 0.1) is 23.1 Å². The molecule has 0 aliphatic heterocycles. The molecule has 0 saturated heterocycles. The number of fused-ring (bicyclic) bond motifs is 1. The van der Waals surface area contributed by atoms with E-state index >= 15 is 0 Å². The molecule has 0 amide bonds. The van der Waals surface area contributed by atoms with Crippen molar-refractivity contribution < 1.29 is 0 Å². The van der Waals surface area contributed by atoms with Gasteiger partial charge in [0, 0.05) is 22.4 Å². The number of rotatable bonds is 4. The Morgan fingerprint density at radius 1 is 1.40 bits per heavy atom. The first kappa shape index (κ1) is 13.7. The molecule has 1 fully saturated rings. The van der Waals surface area contributed by atoms with Gasteiger partial charge in [0.15, 0.2) is 0 Å². The highest BCUT2D eigenvalue weighted by Gasteiger charge is 2.31. The van der Waals surface area contributed by atoms with Crippen molar-refractivity contribution in [2.75, 3.05) is 17.2 Å². The maximum atomic E-state index is 6.26. The molecule has 0 radical (unpaired) electrons. The number of anilines is 2. The van der Waals surface area contributed by atoms with Crippen LogP contribution in [0.25, 0.3) is 10.9 Å². The van der Waals surface area contributed by atoms with Crippen LogP contribution in [0.2, 0.25) is 0 Å². The van der Waals surface area contributed by atoms with E-state index in [2.05, 4.69) is 45.7 Å². The number of nitrogens with zero attached hydrogens (tertiary/aromatic N) is 2. The van der Waals surface area contributed by atoms with E-state index in [-0.39, 0.29) is 0 Å². The molecule has 0 spiro atoms. The summed E-state index contributed by atoms with van der Waals surface area (Å²) in [5.74, 6) is 0.616. The molecule has 0 bridgehead atoms. The minimum atomic E-state index is 0.616. The summed E-state index contributed by atoms with van der Waals surface area (Å²) in [5.41, 5.74) is 9.21. The third-order valence-electron chi connectivity index (χ3n) is 3.67. The monoisotopic (exact) mass is 333 g/mol. The molecule has 1 aliphatic rings. The van der Waals surface area contributed by atoms with Crippen molar-refractivity contribution in [3.63, 3.8) is 0 Å². The highest BCUT2D eigenvalue weighted by Crippen LogP contribution is 2.40. The van der Waals surface area contributed by atoms with E-state index < -0.39 is 0 Å². The SMILES string of the molecule is CC(C)CN(c1c(N)cnc2ccc(Br)cc12)C1CC1. The van der Waals surface area contributed by atoms with Crippen LogP contribution in [0, 0.1) is 5.92 Å². The van der Waals surface area contributed by atoms with E-state index in [0.717, 1.165) is 33.3 Å². The molecular weight excluding hydrogens is 314 g/mol. The van der Waals surface area contributed by atoms with Gasteiger partial charge in [0.25, 0.3) is 0 Å². The van der Waals surface area contributed by atoms with E-state index in [1.807, 2.05) is 12.1 Å². The second-order valence-electron chi connectivity index (χ2n) is 6.00. The number of aromatic nitrogens is 1. The Labute approximate surface area is 128 Å². The zero-order valence-corrected chi connectivity index (χ0v) is 13.5. The van der Waals surface area contributed by atoms with Crippen LogP contribution in [0.15, 0.2) is 28.9 Å². The molecule has 1 aliphatic carbocycles. The fraction of sp³-hybridized carbons (Fsp3) is 0.438. The Morgan fingerprint density at radius 3 is 2.80 bits per heavy atom. The van der Waals surface area contributed by atoms with Crippen molar-refractivity contribution in [1.82, 2.24) is 4.98 Å². The van der Waals surface area contributed by atoms with Crippen molar-refractivity contribution in [2.24, 2.45) is 5.92 Å². The fourth-order valence-corrected chi connectivity index (χ4v) is 3.05. The lowest BCUT2D eigenvalue weighted by atomic mass is 10.1. The number of hydrogen-bond donors (Lipinski definition) is 1. The van der Waals surface area contributed by atoms with Crippen molar-refractivity contribution in [3.8, 4) is 0 Å². The minimum Gasteiger partial charge on any atom is -0.396 e. The highest BCUT2D eigenvalue weighted by atomic mass is 79.9. The zero-order valence-electron chi connectivity index (χ0n) is 11.9. The standard InChI is InChI=1S/C16H20BrN3/c1-10(2)9-20(12-4-5-12)16-13-7-11(17)3-6-15(13)19-8-14(16)18/h3,6-8,10,12H,4-5,9,18H2,1-2H3. The first-order valence-electron chi connectivity index (χ1n) is 7.16. The second kappa shape index (κ2) is 5.24. The van der Waals surface area contributed by atoms with Gasteiger partial charge in [-0.05, 0) is 37.0 Å². The Hall–Kier alpha value is -1.29. The van der Waals surface area contributed by atoms with E-state index in [1.54, 1.807) is 6.20 Å². The number of halogens is 1. The number of hydrogen-bond acceptors (Lipinski definition) is 3. The first-order chi connectivity index (χ1) is 9.56. The van der Waals surface area contributed by atoms with E-state index in [9.17, 15) is 0 Å². The molecule has 1 heterocycles. The normalized spacial score (nSPS) is 15.0. The Kier molecular flexibility index (Phi) is 3.59. The molecule has 106 valence electrons. The average molecular weight is 334 g/mol. The fourth-order valence-electron chi connectivity index (χ4n) is 2.69. The molecule has 3 rings (SSSR count). The van der Waals surface area contributed by atoms with Gasteiger partial charge in [0.1, 0.15) is 0 Å². The number of nitrogen functional groups attached to an aromatic ring is 1. The minimum absolute atomic E-state index is 0.616. The molecule has 1 aromatic carbocycles. The summed E-state index contributed by atoms with van der Waals surface area (Å²) in [6, 6.07) is 6.84. The quantitative estimate of drug-likeness (QED) is 0.911. The van der Waals surface area contributed by atoms with Gasteiger partial charge >= 0.3 is 0 Å². The topological polar surface area (TPSA) is 42.1 Å². The summed E-state index contributed by atoms with van der Waals surface area (Å²) in [6.07, 6.45) is 4.33. The predicted molar refractivity (Wildman–Crippen MR) is 89.1 cm³/mol. The van der Waals surface area contributed by atoms with Crippen molar-refractivity contribution >= 4 is 38.2 Å². The Morgan fingerprint density at radius 2 is 2.15 bits per heavy atom. The summed E-state index contributed by atoms with van der Waals surface area (Å²) >= 11 is 3.56. The molecule has 2 N–H and O–H groups in total. The molecule has 1 aromatic heterocycles. The molecule has 20 heavy (non-hydrogen) atoms.